The van der Waals surface area contributed by atoms with E-state index in [1.54, 1.807) is 25.3 Å². The highest BCUT2D eigenvalue weighted by atomic mass is 32.1. The summed E-state index contributed by atoms with van der Waals surface area (Å²) in [6, 6.07) is 10.9. The highest BCUT2D eigenvalue weighted by Gasteiger charge is 2.17. The lowest BCUT2D eigenvalue weighted by Gasteiger charge is -2.06. The number of fused-ring (bicyclic) bond motifs is 1. The molecular formula is C18H16N2O6S. The summed E-state index contributed by atoms with van der Waals surface area (Å²) in [6.45, 7) is 1.01. The van der Waals surface area contributed by atoms with Gasteiger partial charge in [-0.05, 0) is 18.2 Å². The Bertz CT molecular complexity index is 971. The Morgan fingerprint density at radius 1 is 1.22 bits per heavy atom. The van der Waals surface area contributed by atoms with Crippen LogP contribution in [-0.2, 0) is 9.47 Å². The number of ketones is 1. The molecule has 0 aliphatic carbocycles. The van der Waals surface area contributed by atoms with E-state index in [-0.39, 0.29) is 28.8 Å². The van der Waals surface area contributed by atoms with Crippen molar-refractivity contribution in [3.05, 3.63) is 63.1 Å². The van der Waals surface area contributed by atoms with Crippen molar-refractivity contribution in [1.82, 2.24) is 4.98 Å². The van der Waals surface area contributed by atoms with Crippen molar-refractivity contribution in [1.29, 1.82) is 0 Å². The minimum absolute atomic E-state index is 0.0904. The Balaban J connectivity index is 1.75. The second-order valence-corrected chi connectivity index (χ2v) is 6.48. The monoisotopic (exact) mass is 388 g/mol. The molecule has 0 aliphatic rings. The van der Waals surface area contributed by atoms with Crippen LogP contribution < -0.4 is 4.74 Å². The van der Waals surface area contributed by atoms with Gasteiger partial charge in [-0.25, -0.2) is 4.98 Å². The van der Waals surface area contributed by atoms with Crippen LogP contribution in [0.3, 0.4) is 0 Å². The first-order chi connectivity index (χ1) is 13.1. The number of nitro benzene ring substituents is 1. The van der Waals surface area contributed by atoms with Crippen molar-refractivity contribution in [2.24, 2.45) is 0 Å². The number of non-ortho nitro benzene ring substituents is 1. The molecule has 140 valence electrons. The summed E-state index contributed by atoms with van der Waals surface area (Å²) in [6.07, 6.45) is 0. The van der Waals surface area contributed by atoms with Crippen molar-refractivity contribution in [3.8, 4) is 5.75 Å². The van der Waals surface area contributed by atoms with Gasteiger partial charge in [-0.15, -0.1) is 11.3 Å². The first kappa shape index (κ1) is 18.9. The van der Waals surface area contributed by atoms with E-state index in [2.05, 4.69) is 4.98 Å². The van der Waals surface area contributed by atoms with E-state index < -0.39 is 4.92 Å². The van der Waals surface area contributed by atoms with E-state index in [0.29, 0.717) is 24.5 Å². The number of carbonyl (C=O) groups excluding carboxylic acids is 1. The predicted molar refractivity (Wildman–Crippen MR) is 99.5 cm³/mol. The van der Waals surface area contributed by atoms with Crippen LogP contribution in [-0.4, -0.2) is 42.8 Å². The zero-order valence-corrected chi connectivity index (χ0v) is 15.2. The highest BCUT2D eigenvalue weighted by Crippen LogP contribution is 2.28. The summed E-state index contributed by atoms with van der Waals surface area (Å²) in [7, 11) is 1.59. The van der Waals surface area contributed by atoms with Gasteiger partial charge in [0.15, 0.2) is 11.8 Å². The topological polar surface area (TPSA) is 101 Å². The van der Waals surface area contributed by atoms with Crippen LogP contribution in [0.4, 0.5) is 5.69 Å². The maximum absolute atomic E-state index is 12.6. The number of thiazole rings is 1. The van der Waals surface area contributed by atoms with Gasteiger partial charge in [0.2, 0.25) is 5.78 Å². The van der Waals surface area contributed by atoms with Gasteiger partial charge in [-0.3, -0.25) is 14.9 Å². The number of nitrogens with zero attached hydrogens (tertiary/aromatic N) is 2. The molecule has 0 amide bonds. The Morgan fingerprint density at radius 2 is 2.07 bits per heavy atom. The Kier molecular flexibility index (Phi) is 6.07. The van der Waals surface area contributed by atoms with E-state index in [1.165, 1.54) is 35.6 Å². The Morgan fingerprint density at radius 3 is 2.85 bits per heavy atom. The summed E-state index contributed by atoms with van der Waals surface area (Å²) in [5.74, 6) is 0.239. The molecule has 0 N–H and O–H groups in total. The van der Waals surface area contributed by atoms with E-state index in [9.17, 15) is 14.9 Å². The number of hydrogen-bond acceptors (Lipinski definition) is 8. The molecular weight excluding hydrogens is 372 g/mol. The molecule has 0 spiro atoms. The molecule has 2 aromatic carbocycles. The number of ether oxygens (including phenoxy) is 3. The normalized spacial score (nSPS) is 10.9. The minimum Gasteiger partial charge on any atom is -0.468 e. The van der Waals surface area contributed by atoms with Crippen molar-refractivity contribution in [2.45, 2.75) is 0 Å². The van der Waals surface area contributed by atoms with Crippen LogP contribution in [0.15, 0.2) is 42.5 Å². The number of carbonyl (C=O) groups is 1. The molecule has 0 saturated carbocycles. The molecule has 0 fully saturated rings. The van der Waals surface area contributed by atoms with E-state index >= 15 is 0 Å². The minimum atomic E-state index is -0.534. The van der Waals surface area contributed by atoms with Gasteiger partial charge in [0.1, 0.15) is 5.75 Å². The quantitative estimate of drug-likeness (QED) is 0.182. The number of rotatable bonds is 9. The zero-order valence-electron chi connectivity index (χ0n) is 14.4. The average Bonchev–Trinajstić information content (AvgIpc) is 3.10. The third-order valence-electron chi connectivity index (χ3n) is 3.61. The average molecular weight is 388 g/mol. The fraction of sp³-hybridized carbons (Fsp3) is 0.222. The largest absolute Gasteiger partial charge is 0.468 e. The lowest BCUT2D eigenvalue weighted by Crippen LogP contribution is -2.07. The smallest absolute Gasteiger partial charge is 0.270 e. The van der Waals surface area contributed by atoms with E-state index in [1.807, 2.05) is 0 Å². The molecule has 0 bridgehead atoms. The van der Waals surface area contributed by atoms with Crippen LogP contribution in [0.25, 0.3) is 10.2 Å². The van der Waals surface area contributed by atoms with Gasteiger partial charge in [0.05, 0.1) is 28.4 Å². The molecule has 27 heavy (non-hydrogen) atoms. The molecule has 0 atom stereocenters. The van der Waals surface area contributed by atoms with E-state index in [0.717, 1.165) is 4.70 Å². The third kappa shape index (κ3) is 4.64. The molecule has 3 rings (SSSR count). The van der Waals surface area contributed by atoms with Crippen LogP contribution in [0.2, 0.25) is 0 Å². The van der Waals surface area contributed by atoms with Crippen molar-refractivity contribution in [3.63, 3.8) is 0 Å². The zero-order chi connectivity index (χ0) is 19.2. The van der Waals surface area contributed by atoms with Crippen molar-refractivity contribution in [2.75, 3.05) is 27.1 Å². The SMILES string of the molecule is COCCOCOc1ccc2nc(C(=O)c3cccc([N+](=O)[O-])c3)sc2c1. The molecule has 0 aliphatic heterocycles. The lowest BCUT2D eigenvalue weighted by molar-refractivity contribution is -0.384. The van der Waals surface area contributed by atoms with Gasteiger partial charge < -0.3 is 14.2 Å². The van der Waals surface area contributed by atoms with Crippen molar-refractivity contribution >= 4 is 33.0 Å². The van der Waals surface area contributed by atoms with Gasteiger partial charge in [-0.1, -0.05) is 12.1 Å². The Labute approximate surface area is 158 Å². The number of aromatic nitrogens is 1. The molecule has 9 heteroatoms. The number of benzene rings is 2. The van der Waals surface area contributed by atoms with Crippen LogP contribution in [0.1, 0.15) is 15.4 Å². The number of nitro groups is 1. The van der Waals surface area contributed by atoms with Gasteiger partial charge in [0.25, 0.3) is 5.69 Å². The summed E-state index contributed by atoms with van der Waals surface area (Å²) < 4.78 is 16.4. The number of methoxy groups -OCH3 is 1. The summed E-state index contributed by atoms with van der Waals surface area (Å²) in [4.78, 5) is 27.3. The summed E-state index contributed by atoms with van der Waals surface area (Å²) in [5.41, 5.74) is 0.749. The first-order valence-electron chi connectivity index (χ1n) is 7.97. The van der Waals surface area contributed by atoms with E-state index in [4.69, 9.17) is 14.2 Å². The molecule has 1 aromatic heterocycles. The second-order valence-electron chi connectivity index (χ2n) is 5.45. The molecule has 0 radical (unpaired) electrons. The van der Waals surface area contributed by atoms with Crippen LogP contribution in [0, 0.1) is 10.1 Å². The molecule has 3 aromatic rings. The van der Waals surface area contributed by atoms with Crippen LogP contribution in [0.5, 0.6) is 5.75 Å². The molecule has 8 nitrogen and oxygen atoms in total. The fourth-order valence-corrected chi connectivity index (χ4v) is 3.24. The summed E-state index contributed by atoms with van der Waals surface area (Å²) in [5, 5.41) is 11.1. The fourth-order valence-electron chi connectivity index (χ4n) is 2.29. The standard InChI is InChI=1S/C18H16N2O6S/c1-24-7-8-25-11-26-14-5-6-15-16(10-14)27-18(19-15)17(21)12-3-2-4-13(9-12)20(22)23/h2-6,9-10H,7-8,11H2,1H3. The van der Waals surface area contributed by atoms with Crippen molar-refractivity contribution < 1.29 is 23.9 Å². The van der Waals surface area contributed by atoms with Crippen LogP contribution >= 0.6 is 11.3 Å². The molecule has 1 heterocycles. The Hall–Kier alpha value is -2.88. The molecule has 0 unspecified atom stereocenters. The maximum Gasteiger partial charge on any atom is 0.270 e. The van der Waals surface area contributed by atoms with Gasteiger partial charge in [0, 0.05) is 24.8 Å². The van der Waals surface area contributed by atoms with Gasteiger partial charge in [-0.2, -0.15) is 0 Å². The predicted octanol–water partition coefficient (Wildman–Crippen LogP) is 3.43. The second kappa shape index (κ2) is 8.67. The lowest BCUT2D eigenvalue weighted by atomic mass is 10.1. The molecule has 0 saturated heterocycles. The summed E-state index contributed by atoms with van der Waals surface area (Å²) >= 11 is 1.20. The van der Waals surface area contributed by atoms with Gasteiger partial charge >= 0.3 is 0 Å². The first-order valence-corrected chi connectivity index (χ1v) is 8.79. The highest BCUT2D eigenvalue weighted by molar-refractivity contribution is 7.20. The number of hydrogen-bond donors (Lipinski definition) is 0. The maximum atomic E-state index is 12.6. The third-order valence-corrected chi connectivity index (χ3v) is 4.63.